The van der Waals surface area contributed by atoms with Crippen LogP contribution < -0.4 is 15.6 Å². The summed E-state index contributed by atoms with van der Waals surface area (Å²) in [5.74, 6) is 1.14. The zero-order valence-electron chi connectivity index (χ0n) is 21.4. The number of ether oxygens (including phenoxy) is 1. The van der Waals surface area contributed by atoms with Crippen LogP contribution in [0.2, 0.25) is 0 Å². The van der Waals surface area contributed by atoms with Crippen LogP contribution in [-0.2, 0) is 25.0 Å². The number of amides is 1. The number of nitrogens with one attached hydrogen (secondary N) is 1. The van der Waals surface area contributed by atoms with Crippen LogP contribution in [-0.4, -0.2) is 35.8 Å². The highest BCUT2D eigenvalue weighted by Gasteiger charge is 2.19. The molecule has 2 aromatic carbocycles. The van der Waals surface area contributed by atoms with Crippen molar-refractivity contribution >= 4 is 23.4 Å². The monoisotopic (exact) mass is 518 g/mol. The maximum atomic E-state index is 13.1. The number of carbonyl (C=O) groups excluding carboxylic acids is 1. The number of hydrogen-bond acceptors (Lipinski definition) is 6. The first-order valence-electron chi connectivity index (χ1n) is 11.8. The lowest BCUT2D eigenvalue weighted by molar-refractivity contribution is -0.113. The van der Waals surface area contributed by atoms with Gasteiger partial charge in [-0.1, -0.05) is 42.1 Å². The number of hydrogen-bond donors (Lipinski definition) is 1. The number of thioether (sulfide) groups is 1. The number of anilines is 1. The van der Waals surface area contributed by atoms with Crippen LogP contribution in [0.15, 0.2) is 71.1 Å². The molecule has 10 heteroatoms. The van der Waals surface area contributed by atoms with Crippen molar-refractivity contribution in [2.75, 3.05) is 11.1 Å². The highest BCUT2D eigenvalue weighted by Crippen LogP contribution is 2.21. The summed E-state index contributed by atoms with van der Waals surface area (Å²) in [6.45, 7) is 10.4. The molecule has 0 unspecified atom stereocenters. The Morgan fingerprint density at radius 3 is 2.57 bits per heavy atom. The first kappa shape index (κ1) is 26.0. The Morgan fingerprint density at radius 2 is 1.86 bits per heavy atom. The van der Waals surface area contributed by atoms with Gasteiger partial charge in [-0.05, 0) is 56.2 Å². The van der Waals surface area contributed by atoms with E-state index in [9.17, 15) is 9.59 Å². The Morgan fingerprint density at radius 1 is 1.11 bits per heavy atom. The van der Waals surface area contributed by atoms with Crippen LogP contribution >= 0.6 is 11.8 Å². The fourth-order valence-corrected chi connectivity index (χ4v) is 4.58. The quantitative estimate of drug-likeness (QED) is 0.250. The van der Waals surface area contributed by atoms with Crippen LogP contribution in [0.3, 0.4) is 0 Å². The van der Waals surface area contributed by atoms with E-state index in [0.717, 1.165) is 17.0 Å². The molecule has 192 valence electrons. The minimum Gasteiger partial charge on any atom is -0.486 e. The molecule has 0 spiro atoms. The topological polar surface area (TPSA) is 96.0 Å². The van der Waals surface area contributed by atoms with Crippen molar-refractivity contribution in [3.05, 3.63) is 94.2 Å². The van der Waals surface area contributed by atoms with Gasteiger partial charge < -0.3 is 10.1 Å². The molecule has 0 aliphatic rings. The average Bonchev–Trinajstić information content (AvgIpc) is 3.37. The number of aryl methyl sites for hydroxylation is 2. The second-order valence-corrected chi connectivity index (χ2v) is 9.55. The minimum atomic E-state index is -0.308. The van der Waals surface area contributed by atoms with Crippen LogP contribution in [0.25, 0.3) is 5.69 Å². The number of para-hydroxylation sites is 1. The standard InChI is InChI=1S/C27H30N6O3S/c1-6-14-32-23(16-36-22-13-12-18(2)19(3)15-22)29-30-27(32)37-17-24(34)28-25-20(4)31(5)33(26(25)35)21-10-8-7-9-11-21/h6-13,15H,1,14,16-17H2,2-5H3,(H,28,34). The van der Waals surface area contributed by atoms with Gasteiger partial charge in [-0.2, -0.15) is 0 Å². The third-order valence-electron chi connectivity index (χ3n) is 6.10. The molecule has 0 radical (unpaired) electrons. The molecule has 0 aliphatic carbocycles. The molecule has 1 amide bonds. The van der Waals surface area contributed by atoms with E-state index in [-0.39, 0.29) is 29.5 Å². The van der Waals surface area contributed by atoms with Gasteiger partial charge in [0.2, 0.25) is 5.91 Å². The smallest absolute Gasteiger partial charge is 0.295 e. The molecule has 2 heterocycles. The van der Waals surface area contributed by atoms with Gasteiger partial charge in [0.15, 0.2) is 11.0 Å². The molecule has 0 bridgehead atoms. The van der Waals surface area contributed by atoms with E-state index >= 15 is 0 Å². The van der Waals surface area contributed by atoms with E-state index in [1.54, 1.807) is 24.7 Å². The van der Waals surface area contributed by atoms with E-state index in [2.05, 4.69) is 29.0 Å². The van der Waals surface area contributed by atoms with E-state index in [1.807, 2.05) is 60.0 Å². The molecule has 4 rings (SSSR count). The summed E-state index contributed by atoms with van der Waals surface area (Å²) in [4.78, 5) is 25.9. The predicted octanol–water partition coefficient (Wildman–Crippen LogP) is 4.19. The molecular formula is C27H30N6O3S. The van der Waals surface area contributed by atoms with E-state index in [1.165, 1.54) is 22.0 Å². The summed E-state index contributed by atoms with van der Waals surface area (Å²) in [6.07, 6.45) is 1.74. The molecule has 2 aromatic heterocycles. The third kappa shape index (κ3) is 5.69. The van der Waals surface area contributed by atoms with Crippen molar-refractivity contribution in [3.8, 4) is 11.4 Å². The van der Waals surface area contributed by atoms with E-state index in [4.69, 9.17) is 4.74 Å². The fourth-order valence-electron chi connectivity index (χ4n) is 3.81. The zero-order valence-corrected chi connectivity index (χ0v) is 22.2. The number of benzene rings is 2. The van der Waals surface area contributed by atoms with Gasteiger partial charge in [-0.25, -0.2) is 4.68 Å². The first-order valence-corrected chi connectivity index (χ1v) is 12.8. The molecule has 0 aliphatic heterocycles. The molecule has 0 saturated heterocycles. The predicted molar refractivity (Wildman–Crippen MR) is 146 cm³/mol. The van der Waals surface area contributed by atoms with Crippen molar-refractivity contribution < 1.29 is 9.53 Å². The largest absolute Gasteiger partial charge is 0.486 e. The van der Waals surface area contributed by atoms with Crippen molar-refractivity contribution in [3.63, 3.8) is 0 Å². The van der Waals surface area contributed by atoms with Crippen LogP contribution in [0, 0.1) is 20.8 Å². The fraction of sp³-hybridized carbons (Fsp3) is 0.259. The number of carbonyl (C=O) groups is 1. The molecule has 37 heavy (non-hydrogen) atoms. The van der Waals surface area contributed by atoms with Crippen LogP contribution in [0.1, 0.15) is 22.6 Å². The molecule has 4 aromatic rings. The van der Waals surface area contributed by atoms with Gasteiger partial charge in [-0.3, -0.25) is 18.8 Å². The maximum absolute atomic E-state index is 13.1. The molecule has 9 nitrogen and oxygen atoms in total. The Hall–Kier alpha value is -4.05. The summed E-state index contributed by atoms with van der Waals surface area (Å²) in [5, 5.41) is 11.9. The van der Waals surface area contributed by atoms with Crippen molar-refractivity contribution in [1.29, 1.82) is 0 Å². The first-order chi connectivity index (χ1) is 17.8. The van der Waals surface area contributed by atoms with Crippen LogP contribution in [0.4, 0.5) is 5.69 Å². The molecular weight excluding hydrogens is 488 g/mol. The molecule has 1 N–H and O–H groups in total. The average molecular weight is 519 g/mol. The molecule has 0 saturated carbocycles. The summed E-state index contributed by atoms with van der Waals surface area (Å²) in [6, 6.07) is 15.2. The normalized spacial score (nSPS) is 10.9. The Labute approximate surface area is 219 Å². The molecule has 0 fully saturated rings. The number of aromatic nitrogens is 5. The van der Waals surface area contributed by atoms with Gasteiger partial charge >= 0.3 is 0 Å². The highest BCUT2D eigenvalue weighted by molar-refractivity contribution is 7.99. The van der Waals surface area contributed by atoms with Gasteiger partial charge in [0, 0.05) is 13.6 Å². The van der Waals surface area contributed by atoms with E-state index in [0.29, 0.717) is 23.2 Å². The van der Waals surface area contributed by atoms with Gasteiger partial charge in [0.05, 0.1) is 17.1 Å². The number of allylic oxidation sites excluding steroid dienone is 1. The van der Waals surface area contributed by atoms with Crippen molar-refractivity contribution in [2.45, 2.75) is 39.1 Å². The number of rotatable bonds is 10. The van der Waals surface area contributed by atoms with Crippen molar-refractivity contribution in [1.82, 2.24) is 24.1 Å². The summed E-state index contributed by atoms with van der Waals surface area (Å²) in [5.41, 5.74) is 3.70. The third-order valence-corrected chi connectivity index (χ3v) is 7.07. The Balaban J connectivity index is 1.44. The van der Waals surface area contributed by atoms with Gasteiger partial charge in [0.25, 0.3) is 5.56 Å². The Bertz CT molecular complexity index is 1490. The lowest BCUT2D eigenvalue weighted by Gasteiger charge is -2.10. The number of nitrogens with zero attached hydrogens (tertiary/aromatic N) is 5. The highest BCUT2D eigenvalue weighted by atomic mass is 32.2. The zero-order chi connectivity index (χ0) is 26.5. The maximum Gasteiger partial charge on any atom is 0.295 e. The molecule has 0 atom stereocenters. The van der Waals surface area contributed by atoms with Gasteiger partial charge in [0.1, 0.15) is 18.0 Å². The summed E-state index contributed by atoms with van der Waals surface area (Å²) < 4.78 is 11.0. The van der Waals surface area contributed by atoms with Crippen LogP contribution in [0.5, 0.6) is 5.75 Å². The SMILES string of the molecule is C=CCn1c(COc2ccc(C)c(C)c2)nnc1SCC(=O)Nc1c(C)n(C)n(-c2ccccc2)c1=O. The second kappa shape index (κ2) is 11.3. The summed E-state index contributed by atoms with van der Waals surface area (Å²) >= 11 is 1.24. The minimum absolute atomic E-state index is 0.0619. The lowest BCUT2D eigenvalue weighted by atomic mass is 10.1. The van der Waals surface area contributed by atoms with Gasteiger partial charge in [-0.15, -0.1) is 16.8 Å². The summed E-state index contributed by atoms with van der Waals surface area (Å²) in [7, 11) is 1.79. The second-order valence-electron chi connectivity index (χ2n) is 8.61. The van der Waals surface area contributed by atoms with Crippen molar-refractivity contribution in [2.24, 2.45) is 7.05 Å². The van der Waals surface area contributed by atoms with E-state index < -0.39 is 0 Å². The lowest BCUT2D eigenvalue weighted by Crippen LogP contribution is -2.23. The Kier molecular flexibility index (Phi) is 7.98.